The highest BCUT2D eigenvalue weighted by molar-refractivity contribution is 7.99. The molecule has 3 unspecified atom stereocenters. The highest BCUT2D eigenvalue weighted by atomic mass is 32.2. The van der Waals surface area contributed by atoms with E-state index < -0.39 is 22.9 Å². The van der Waals surface area contributed by atoms with Gasteiger partial charge in [0, 0.05) is 38.4 Å². The lowest BCUT2D eigenvalue weighted by Gasteiger charge is -2.29. The lowest BCUT2D eigenvalue weighted by molar-refractivity contribution is -0.133. The lowest BCUT2D eigenvalue weighted by Crippen LogP contribution is -2.57. The summed E-state index contributed by atoms with van der Waals surface area (Å²) in [6.45, 7) is 4.05. The molecule has 10 nitrogen and oxygen atoms in total. The number of aromatic nitrogens is 2. The lowest BCUT2D eigenvalue weighted by atomic mass is 9.87. The molecule has 0 saturated carbocycles. The second-order valence-corrected chi connectivity index (χ2v) is 8.05. The molecule has 11 heteroatoms. The zero-order chi connectivity index (χ0) is 21.6. The van der Waals surface area contributed by atoms with E-state index in [0.29, 0.717) is 29.6 Å². The van der Waals surface area contributed by atoms with Crippen molar-refractivity contribution in [2.75, 3.05) is 13.7 Å². The monoisotopic (exact) mass is 430 g/mol. The Labute approximate surface area is 176 Å². The van der Waals surface area contributed by atoms with Crippen molar-refractivity contribution in [3.8, 4) is 0 Å². The molecule has 3 aliphatic rings. The van der Waals surface area contributed by atoms with Crippen molar-refractivity contribution in [1.29, 1.82) is 0 Å². The molecule has 2 aliphatic heterocycles. The van der Waals surface area contributed by atoms with Crippen LogP contribution in [0.25, 0.3) is 5.70 Å². The van der Waals surface area contributed by atoms with Gasteiger partial charge in [-0.25, -0.2) is 13.8 Å². The van der Waals surface area contributed by atoms with Gasteiger partial charge < -0.3 is 14.6 Å². The molecule has 0 radical (unpaired) electrons. The van der Waals surface area contributed by atoms with E-state index in [1.807, 2.05) is 13.0 Å². The quantitative estimate of drug-likeness (QED) is 0.638. The maximum atomic E-state index is 12.8. The van der Waals surface area contributed by atoms with E-state index in [1.54, 1.807) is 26.1 Å². The molecule has 3 heterocycles. The standard InChI is InChI=1S/C19H22N6O4S/c1-5-20-17-21-16(27)19(22-17,29-4)15-12-9-11(6-7-13(12)30-23-15)25-14(26)8-10(2)24(3)18(25)28/h6-9,12-13H,5H2,1-4H3,(H2,20,21,22,27). The summed E-state index contributed by atoms with van der Waals surface area (Å²) < 4.78 is 12.7. The highest BCUT2D eigenvalue weighted by Gasteiger charge is 2.55. The van der Waals surface area contributed by atoms with Crippen molar-refractivity contribution in [3.05, 3.63) is 50.8 Å². The zero-order valence-corrected chi connectivity index (χ0v) is 17.8. The second kappa shape index (κ2) is 7.40. The maximum Gasteiger partial charge on any atom is 0.335 e. The Bertz CT molecular complexity index is 1160. The van der Waals surface area contributed by atoms with E-state index in [1.165, 1.54) is 29.7 Å². The van der Waals surface area contributed by atoms with Gasteiger partial charge in [0.05, 0.1) is 16.7 Å². The Hall–Kier alpha value is -2.92. The van der Waals surface area contributed by atoms with Crippen LogP contribution in [0.3, 0.4) is 0 Å². The SMILES string of the molecule is CCN=C1NC(=O)C(OC)(C2=NSC3C=CC(n4c(=O)cc(C)n(C)c4=O)=CC23)N1. The van der Waals surface area contributed by atoms with Gasteiger partial charge in [-0.2, -0.15) is 0 Å². The molecule has 0 spiro atoms. The summed E-state index contributed by atoms with van der Waals surface area (Å²) >= 11 is 1.31. The number of carbonyl (C=O) groups is 1. The van der Waals surface area contributed by atoms with Gasteiger partial charge in [0.2, 0.25) is 5.96 Å². The number of hydrogen-bond acceptors (Lipinski definition) is 7. The summed E-state index contributed by atoms with van der Waals surface area (Å²) in [6.07, 6.45) is 5.40. The number of hydrogen-bond donors (Lipinski definition) is 2. The molecule has 3 atom stereocenters. The van der Waals surface area contributed by atoms with Crippen LogP contribution in [0.1, 0.15) is 12.6 Å². The van der Waals surface area contributed by atoms with Gasteiger partial charge in [-0.1, -0.05) is 6.08 Å². The number of allylic oxidation sites excluding steroid dienone is 3. The number of aliphatic imine (C=N–C) groups is 1. The van der Waals surface area contributed by atoms with Crippen molar-refractivity contribution < 1.29 is 9.53 Å². The van der Waals surface area contributed by atoms with Crippen molar-refractivity contribution in [2.24, 2.45) is 22.4 Å². The first-order valence-corrected chi connectivity index (χ1v) is 10.3. The molecule has 1 aliphatic carbocycles. The van der Waals surface area contributed by atoms with Crippen LogP contribution in [0.2, 0.25) is 0 Å². The predicted octanol–water partition coefficient (Wildman–Crippen LogP) is -0.208. The predicted molar refractivity (Wildman–Crippen MR) is 115 cm³/mol. The van der Waals surface area contributed by atoms with Crippen molar-refractivity contribution >= 4 is 35.2 Å². The molecule has 30 heavy (non-hydrogen) atoms. The third kappa shape index (κ3) is 2.96. The number of rotatable bonds is 4. The normalized spacial score (nSPS) is 28.8. The van der Waals surface area contributed by atoms with Crippen LogP contribution in [-0.2, 0) is 16.6 Å². The molecule has 1 aromatic rings. The number of nitrogens with zero attached hydrogens (tertiary/aromatic N) is 4. The maximum absolute atomic E-state index is 12.8. The summed E-state index contributed by atoms with van der Waals surface area (Å²) in [4.78, 5) is 42.3. The van der Waals surface area contributed by atoms with Gasteiger partial charge in [0.25, 0.3) is 17.2 Å². The Kier molecular flexibility index (Phi) is 5.02. The number of aryl methyl sites for hydroxylation is 1. The zero-order valence-electron chi connectivity index (χ0n) is 17.0. The van der Waals surface area contributed by atoms with Crippen LogP contribution in [0, 0.1) is 12.8 Å². The first kappa shape index (κ1) is 20.4. The second-order valence-electron chi connectivity index (χ2n) is 7.11. The average molecular weight is 430 g/mol. The molecule has 1 fully saturated rings. The fraction of sp³-hybridized carbons (Fsp3) is 0.421. The van der Waals surface area contributed by atoms with E-state index >= 15 is 0 Å². The number of amides is 1. The molecule has 2 N–H and O–H groups in total. The third-order valence-corrected chi connectivity index (χ3v) is 6.39. The Morgan fingerprint density at radius 3 is 2.83 bits per heavy atom. The van der Waals surface area contributed by atoms with Crippen molar-refractivity contribution in [2.45, 2.75) is 24.8 Å². The molecule has 0 bridgehead atoms. The first-order valence-electron chi connectivity index (χ1n) is 9.46. The summed E-state index contributed by atoms with van der Waals surface area (Å²) in [7, 11) is 3.04. The van der Waals surface area contributed by atoms with Gasteiger partial charge in [-0.15, -0.1) is 0 Å². The van der Waals surface area contributed by atoms with E-state index in [2.05, 4.69) is 20.0 Å². The summed E-state index contributed by atoms with van der Waals surface area (Å²) in [6, 6.07) is 1.41. The number of methoxy groups -OCH3 is 1. The molecule has 4 rings (SSSR count). The minimum atomic E-state index is -1.50. The number of carbonyl (C=O) groups excluding carboxylic acids is 1. The van der Waals surface area contributed by atoms with Gasteiger partial charge >= 0.3 is 5.69 Å². The largest absolute Gasteiger partial charge is 0.346 e. The number of ether oxygens (including phenoxy) is 1. The Morgan fingerprint density at radius 1 is 1.37 bits per heavy atom. The van der Waals surface area contributed by atoms with Crippen LogP contribution in [0.5, 0.6) is 0 Å². The van der Waals surface area contributed by atoms with Gasteiger partial charge in [-0.05, 0) is 37.9 Å². The highest BCUT2D eigenvalue weighted by Crippen LogP contribution is 2.40. The smallest absolute Gasteiger partial charge is 0.335 e. The fourth-order valence-corrected chi connectivity index (χ4v) is 4.67. The van der Waals surface area contributed by atoms with Gasteiger partial charge in [0.15, 0.2) is 0 Å². The molecule has 158 valence electrons. The van der Waals surface area contributed by atoms with Gasteiger partial charge in [0.1, 0.15) is 0 Å². The molecule has 0 aromatic carbocycles. The summed E-state index contributed by atoms with van der Waals surface area (Å²) in [5.41, 5.74) is -0.886. The average Bonchev–Trinajstić information content (AvgIpc) is 3.27. The van der Waals surface area contributed by atoms with Crippen molar-refractivity contribution in [3.63, 3.8) is 0 Å². The summed E-state index contributed by atoms with van der Waals surface area (Å²) in [5, 5.41) is 5.61. The number of nitrogens with one attached hydrogen (secondary N) is 2. The Balaban J connectivity index is 1.78. The molecule has 1 aromatic heterocycles. The molecule has 1 amide bonds. The van der Waals surface area contributed by atoms with Crippen LogP contribution < -0.4 is 21.9 Å². The fourth-order valence-electron chi connectivity index (χ4n) is 3.70. The topological polar surface area (TPSA) is 119 Å². The molecule has 1 saturated heterocycles. The molecular formula is C19H22N6O4S. The number of fused-ring (bicyclic) bond motifs is 1. The summed E-state index contributed by atoms with van der Waals surface area (Å²) in [5.74, 6) is -0.447. The minimum absolute atomic E-state index is 0.0810. The van der Waals surface area contributed by atoms with Crippen LogP contribution in [0.15, 0.2) is 43.3 Å². The van der Waals surface area contributed by atoms with Gasteiger partial charge in [-0.3, -0.25) is 19.9 Å². The van der Waals surface area contributed by atoms with E-state index in [0.717, 1.165) is 4.57 Å². The Morgan fingerprint density at radius 2 is 2.13 bits per heavy atom. The van der Waals surface area contributed by atoms with Crippen molar-refractivity contribution in [1.82, 2.24) is 19.8 Å². The van der Waals surface area contributed by atoms with Crippen LogP contribution in [-0.4, -0.2) is 51.3 Å². The van der Waals surface area contributed by atoms with Crippen LogP contribution in [0.4, 0.5) is 0 Å². The number of guanidine groups is 1. The third-order valence-electron chi connectivity index (χ3n) is 5.40. The molecular weight excluding hydrogens is 408 g/mol. The minimum Gasteiger partial charge on any atom is -0.346 e. The van der Waals surface area contributed by atoms with E-state index in [-0.39, 0.29) is 11.2 Å². The van der Waals surface area contributed by atoms with E-state index in [9.17, 15) is 14.4 Å². The first-order chi connectivity index (χ1) is 14.3. The van der Waals surface area contributed by atoms with E-state index in [4.69, 9.17) is 4.74 Å². The van der Waals surface area contributed by atoms with Crippen LogP contribution >= 0.6 is 11.9 Å².